The maximum atomic E-state index is 13.7. The zero-order valence-corrected chi connectivity index (χ0v) is 23.8. The van der Waals surface area contributed by atoms with Gasteiger partial charge in [0.2, 0.25) is 0 Å². The minimum Gasteiger partial charge on any atom is -0.494 e. The van der Waals surface area contributed by atoms with Gasteiger partial charge in [-0.2, -0.15) is 9.78 Å². The molecule has 4 aromatic rings. The van der Waals surface area contributed by atoms with Crippen LogP contribution in [0, 0.1) is 6.92 Å². The average molecular weight is 528 g/mol. The molecule has 3 aromatic carbocycles. The number of aryl methyl sites for hydroxylation is 1. The summed E-state index contributed by atoms with van der Waals surface area (Å²) in [6.07, 6.45) is 1.66. The van der Waals surface area contributed by atoms with Gasteiger partial charge in [-0.05, 0) is 99.7 Å². The number of ether oxygens (including phenoxy) is 3. The van der Waals surface area contributed by atoms with Crippen LogP contribution in [0.5, 0.6) is 17.2 Å². The highest BCUT2D eigenvalue weighted by atomic mass is 16.5. The smallest absolute Gasteiger partial charge is 0.282 e. The van der Waals surface area contributed by atoms with E-state index in [2.05, 4.69) is 25.0 Å². The molecule has 4 rings (SSSR count). The molecule has 7 nitrogen and oxygen atoms in total. The number of nitrogens with zero attached hydrogens (tertiary/aromatic N) is 3. The maximum absolute atomic E-state index is 13.7. The highest BCUT2D eigenvalue weighted by Gasteiger charge is 2.18. The summed E-state index contributed by atoms with van der Waals surface area (Å²) in [5.74, 6) is 2.84. The van der Waals surface area contributed by atoms with Gasteiger partial charge in [0.1, 0.15) is 5.75 Å². The fourth-order valence-electron chi connectivity index (χ4n) is 4.42. The fraction of sp³-hybridized carbons (Fsp3) is 0.344. The Morgan fingerprint density at radius 1 is 0.923 bits per heavy atom. The molecule has 0 amide bonds. The maximum Gasteiger partial charge on any atom is 0.282 e. The van der Waals surface area contributed by atoms with Crippen molar-refractivity contribution >= 4 is 17.1 Å². The minimum absolute atomic E-state index is 0.0154. The van der Waals surface area contributed by atoms with Crippen LogP contribution in [0.3, 0.4) is 0 Å². The van der Waals surface area contributed by atoms with Gasteiger partial charge in [0.15, 0.2) is 17.3 Å². The standard InChI is InChI=1S/C32H37N3O4/c1-8-37-29-16-22(7)26(18-25(29)20(3)4)31-34-27-13-11-10-12-24(27)32(36)35(31)33-19-23-14-15-28(39-21(5)6)30(17-23)38-9-2/h10-21H,8-9H2,1-7H3. The van der Waals surface area contributed by atoms with Crippen LogP contribution in [0.1, 0.15) is 64.2 Å². The first kappa shape index (κ1) is 27.9. The van der Waals surface area contributed by atoms with E-state index in [1.54, 1.807) is 12.3 Å². The number of hydrogen-bond acceptors (Lipinski definition) is 6. The van der Waals surface area contributed by atoms with Gasteiger partial charge in [-0.3, -0.25) is 4.79 Å². The molecule has 0 radical (unpaired) electrons. The number of benzene rings is 3. The summed E-state index contributed by atoms with van der Waals surface area (Å²) in [5.41, 5.74) is 3.98. The predicted octanol–water partition coefficient (Wildman–Crippen LogP) is 6.96. The molecule has 0 unspecified atom stereocenters. The van der Waals surface area contributed by atoms with E-state index in [1.807, 2.05) is 77.1 Å². The van der Waals surface area contributed by atoms with Gasteiger partial charge in [-0.25, -0.2) is 4.98 Å². The Morgan fingerprint density at radius 3 is 2.33 bits per heavy atom. The summed E-state index contributed by atoms with van der Waals surface area (Å²) in [6.45, 7) is 15.2. The molecule has 0 atom stereocenters. The lowest BCUT2D eigenvalue weighted by molar-refractivity contribution is 0.224. The zero-order valence-electron chi connectivity index (χ0n) is 23.8. The van der Waals surface area contributed by atoms with E-state index in [1.165, 1.54) is 4.68 Å². The van der Waals surface area contributed by atoms with Crippen LogP contribution in [-0.2, 0) is 0 Å². The zero-order chi connectivity index (χ0) is 28.1. The number of aromatic nitrogens is 2. The van der Waals surface area contributed by atoms with E-state index < -0.39 is 0 Å². The first-order valence-electron chi connectivity index (χ1n) is 13.5. The second kappa shape index (κ2) is 12.2. The fourth-order valence-corrected chi connectivity index (χ4v) is 4.42. The van der Waals surface area contributed by atoms with E-state index in [4.69, 9.17) is 19.2 Å². The van der Waals surface area contributed by atoms with Gasteiger partial charge in [-0.15, -0.1) is 0 Å². The summed E-state index contributed by atoms with van der Waals surface area (Å²) in [7, 11) is 0. The molecule has 0 N–H and O–H groups in total. The second-order valence-electron chi connectivity index (χ2n) is 9.91. The van der Waals surface area contributed by atoms with E-state index in [-0.39, 0.29) is 17.6 Å². The monoisotopic (exact) mass is 527 g/mol. The quantitative estimate of drug-likeness (QED) is 0.208. The minimum atomic E-state index is -0.240. The first-order valence-corrected chi connectivity index (χ1v) is 13.5. The second-order valence-corrected chi connectivity index (χ2v) is 9.91. The average Bonchev–Trinajstić information content (AvgIpc) is 2.89. The highest BCUT2D eigenvalue weighted by molar-refractivity contribution is 5.83. The SMILES string of the molecule is CCOc1cc(C=Nn2c(-c3cc(C(C)C)c(OCC)cc3C)nc3ccccc3c2=O)ccc1OC(C)C. The molecule has 7 heteroatoms. The molecule has 204 valence electrons. The third kappa shape index (κ3) is 6.14. The number of hydrogen-bond donors (Lipinski definition) is 0. The molecular formula is C32H37N3O4. The lowest BCUT2D eigenvalue weighted by Gasteiger charge is -2.18. The molecule has 0 aliphatic carbocycles. The van der Waals surface area contributed by atoms with Gasteiger partial charge in [-0.1, -0.05) is 26.0 Å². The van der Waals surface area contributed by atoms with Crippen molar-refractivity contribution in [2.45, 2.75) is 60.5 Å². The normalized spacial score (nSPS) is 11.6. The van der Waals surface area contributed by atoms with Gasteiger partial charge in [0.05, 0.1) is 36.4 Å². The van der Waals surface area contributed by atoms with Crippen LogP contribution in [-0.4, -0.2) is 35.2 Å². The van der Waals surface area contributed by atoms with Crippen molar-refractivity contribution in [1.29, 1.82) is 0 Å². The molecule has 1 heterocycles. The van der Waals surface area contributed by atoms with Gasteiger partial charge >= 0.3 is 0 Å². The van der Waals surface area contributed by atoms with Crippen molar-refractivity contribution in [1.82, 2.24) is 9.66 Å². The Balaban J connectivity index is 1.90. The Labute approximate surface area is 230 Å². The van der Waals surface area contributed by atoms with Crippen LogP contribution in [0.4, 0.5) is 0 Å². The van der Waals surface area contributed by atoms with Crippen LogP contribution in [0.2, 0.25) is 0 Å². The predicted molar refractivity (Wildman–Crippen MR) is 158 cm³/mol. The molecular weight excluding hydrogens is 490 g/mol. The molecule has 0 aliphatic rings. The van der Waals surface area contributed by atoms with Crippen molar-refractivity contribution in [3.8, 4) is 28.6 Å². The molecule has 0 saturated heterocycles. The van der Waals surface area contributed by atoms with E-state index in [9.17, 15) is 4.79 Å². The summed E-state index contributed by atoms with van der Waals surface area (Å²) >= 11 is 0. The van der Waals surface area contributed by atoms with Crippen LogP contribution in [0.15, 0.2) is 64.5 Å². The lowest BCUT2D eigenvalue weighted by atomic mass is 9.96. The Bertz CT molecular complexity index is 1550. The molecule has 0 spiro atoms. The van der Waals surface area contributed by atoms with Crippen molar-refractivity contribution in [2.24, 2.45) is 5.10 Å². The molecule has 0 aliphatic heterocycles. The molecule has 0 fully saturated rings. The van der Waals surface area contributed by atoms with E-state index in [0.29, 0.717) is 41.4 Å². The van der Waals surface area contributed by atoms with Crippen LogP contribution < -0.4 is 19.8 Å². The number of para-hydroxylation sites is 1. The van der Waals surface area contributed by atoms with Crippen molar-refractivity contribution in [3.05, 3.63) is 81.6 Å². The summed E-state index contributed by atoms with van der Waals surface area (Å²) in [5, 5.41) is 5.16. The van der Waals surface area contributed by atoms with E-state index in [0.717, 1.165) is 28.0 Å². The summed E-state index contributed by atoms with van der Waals surface area (Å²) in [6, 6.07) is 17.0. The highest BCUT2D eigenvalue weighted by Crippen LogP contribution is 2.34. The van der Waals surface area contributed by atoms with Crippen molar-refractivity contribution in [3.63, 3.8) is 0 Å². The third-order valence-electron chi connectivity index (χ3n) is 6.23. The first-order chi connectivity index (χ1) is 18.7. The van der Waals surface area contributed by atoms with Crippen molar-refractivity contribution < 1.29 is 14.2 Å². The summed E-state index contributed by atoms with van der Waals surface area (Å²) in [4.78, 5) is 18.6. The molecule has 1 aromatic heterocycles. The van der Waals surface area contributed by atoms with E-state index >= 15 is 0 Å². The van der Waals surface area contributed by atoms with Gasteiger partial charge in [0.25, 0.3) is 5.56 Å². The Hall–Kier alpha value is -4.13. The molecule has 39 heavy (non-hydrogen) atoms. The Kier molecular flexibility index (Phi) is 8.69. The Morgan fingerprint density at radius 2 is 1.64 bits per heavy atom. The largest absolute Gasteiger partial charge is 0.494 e. The summed E-state index contributed by atoms with van der Waals surface area (Å²) < 4.78 is 19.0. The molecule has 0 saturated carbocycles. The van der Waals surface area contributed by atoms with Crippen LogP contribution in [0.25, 0.3) is 22.3 Å². The van der Waals surface area contributed by atoms with Crippen LogP contribution >= 0.6 is 0 Å². The lowest BCUT2D eigenvalue weighted by Crippen LogP contribution is -2.21. The number of rotatable bonds is 10. The molecule has 0 bridgehead atoms. The third-order valence-corrected chi connectivity index (χ3v) is 6.23. The number of fused-ring (bicyclic) bond motifs is 1. The van der Waals surface area contributed by atoms with Crippen molar-refractivity contribution in [2.75, 3.05) is 13.2 Å². The topological polar surface area (TPSA) is 74.9 Å². The van der Waals surface area contributed by atoms with Gasteiger partial charge in [0, 0.05) is 5.56 Å². The van der Waals surface area contributed by atoms with Gasteiger partial charge < -0.3 is 14.2 Å².